The molecule has 0 aliphatic heterocycles. The van der Waals surface area contributed by atoms with Gasteiger partial charge in [-0.25, -0.2) is 0 Å². The third-order valence-electron chi connectivity index (χ3n) is 11.5. The molecule has 0 aliphatic carbocycles. The molecule has 0 radical (unpaired) electrons. The normalized spacial score (nSPS) is 12.5. The maximum atomic E-state index is 12.8. The molecule has 0 unspecified atom stereocenters. The fraction of sp³-hybridized carbons (Fsp3) is 0.772. The molecule has 0 saturated carbocycles. The molecule has 0 aromatic heterocycles. The molecule has 0 saturated heterocycles. The van der Waals surface area contributed by atoms with Gasteiger partial charge in [0.15, 0.2) is 6.10 Å². The van der Waals surface area contributed by atoms with Crippen molar-refractivity contribution in [2.45, 2.75) is 271 Å². The van der Waals surface area contributed by atoms with E-state index in [1.807, 2.05) is 0 Å². The number of rotatable bonds is 48. The van der Waals surface area contributed by atoms with Crippen LogP contribution in [0.25, 0.3) is 0 Å². The van der Waals surface area contributed by atoms with Crippen molar-refractivity contribution in [2.24, 2.45) is 0 Å². The topological polar surface area (TPSA) is 78.9 Å². The van der Waals surface area contributed by atoms with Gasteiger partial charge in [-0.2, -0.15) is 0 Å². The van der Waals surface area contributed by atoms with Crippen LogP contribution in [0.2, 0.25) is 0 Å². The van der Waals surface area contributed by atoms with E-state index >= 15 is 0 Å². The van der Waals surface area contributed by atoms with Gasteiger partial charge in [-0.05, 0) is 96.3 Å². The second-order valence-electron chi connectivity index (χ2n) is 17.7. The summed E-state index contributed by atoms with van der Waals surface area (Å²) in [7, 11) is 0. The quantitative estimate of drug-likeness (QED) is 0.0262. The van der Waals surface area contributed by atoms with Crippen LogP contribution in [0, 0.1) is 0 Å². The van der Waals surface area contributed by atoms with Gasteiger partial charge in [0.25, 0.3) is 0 Å². The Morgan fingerprint density at radius 3 is 1.03 bits per heavy atom. The Bertz CT molecular complexity index is 1150. The Hall–Kier alpha value is -2.89. The predicted molar refractivity (Wildman–Crippen MR) is 270 cm³/mol. The van der Waals surface area contributed by atoms with Crippen LogP contribution in [0.3, 0.4) is 0 Å². The third-order valence-corrected chi connectivity index (χ3v) is 11.5. The van der Waals surface area contributed by atoms with Gasteiger partial charge in [-0.3, -0.25) is 14.4 Å². The fourth-order valence-corrected chi connectivity index (χ4v) is 7.43. The summed E-state index contributed by atoms with van der Waals surface area (Å²) in [5.74, 6) is -0.909. The smallest absolute Gasteiger partial charge is 0.306 e. The van der Waals surface area contributed by atoms with E-state index in [1.54, 1.807) is 0 Å². The lowest BCUT2D eigenvalue weighted by atomic mass is 10.1. The zero-order chi connectivity index (χ0) is 45.8. The molecule has 0 fully saturated rings. The molecule has 0 amide bonds. The van der Waals surface area contributed by atoms with Crippen molar-refractivity contribution in [3.8, 4) is 0 Å². The summed E-state index contributed by atoms with van der Waals surface area (Å²) in [5, 5.41) is 0. The molecule has 0 rings (SSSR count). The summed E-state index contributed by atoms with van der Waals surface area (Å²) >= 11 is 0. The average molecular weight is 881 g/mol. The van der Waals surface area contributed by atoms with Crippen molar-refractivity contribution in [2.75, 3.05) is 13.2 Å². The molecule has 0 heterocycles. The summed E-state index contributed by atoms with van der Waals surface area (Å²) in [4.78, 5) is 38.0. The summed E-state index contributed by atoms with van der Waals surface area (Å²) in [6.45, 7) is 6.47. The van der Waals surface area contributed by atoms with E-state index in [2.05, 4.69) is 81.5 Å². The van der Waals surface area contributed by atoms with E-state index in [4.69, 9.17) is 14.2 Å². The Balaban J connectivity index is 4.35. The molecule has 0 aliphatic rings. The Morgan fingerprint density at radius 2 is 0.635 bits per heavy atom. The van der Waals surface area contributed by atoms with Gasteiger partial charge in [0.1, 0.15) is 13.2 Å². The molecular formula is C57H100O6. The first-order valence-electron chi connectivity index (χ1n) is 26.8. The van der Waals surface area contributed by atoms with Gasteiger partial charge in [0.05, 0.1) is 0 Å². The highest BCUT2D eigenvalue weighted by Crippen LogP contribution is 2.15. The second kappa shape index (κ2) is 51.7. The largest absolute Gasteiger partial charge is 0.462 e. The highest BCUT2D eigenvalue weighted by Gasteiger charge is 2.19. The zero-order valence-electron chi connectivity index (χ0n) is 41.6. The minimum absolute atomic E-state index is 0.0844. The predicted octanol–water partition coefficient (Wildman–Crippen LogP) is 17.6. The average Bonchev–Trinajstić information content (AvgIpc) is 3.28. The van der Waals surface area contributed by atoms with E-state index in [1.165, 1.54) is 122 Å². The molecule has 6 nitrogen and oxygen atoms in total. The van der Waals surface area contributed by atoms with Crippen molar-refractivity contribution < 1.29 is 28.6 Å². The number of carbonyl (C=O) groups is 3. The molecule has 0 bridgehead atoms. The van der Waals surface area contributed by atoms with Gasteiger partial charge in [-0.15, -0.1) is 0 Å². The third kappa shape index (κ3) is 50.0. The number of unbranched alkanes of at least 4 members (excludes halogenated alkanes) is 27. The molecular weight excluding hydrogens is 781 g/mol. The summed E-state index contributed by atoms with van der Waals surface area (Å²) in [5.41, 5.74) is 0. The van der Waals surface area contributed by atoms with Crippen LogP contribution in [-0.2, 0) is 28.6 Å². The summed E-state index contributed by atoms with van der Waals surface area (Å²) < 4.78 is 16.8. The number of hydrogen-bond acceptors (Lipinski definition) is 6. The number of ether oxygens (including phenoxy) is 3. The van der Waals surface area contributed by atoms with Crippen LogP contribution in [-0.4, -0.2) is 37.2 Å². The van der Waals surface area contributed by atoms with Crippen LogP contribution in [0.1, 0.15) is 265 Å². The van der Waals surface area contributed by atoms with Crippen LogP contribution in [0.15, 0.2) is 60.8 Å². The van der Waals surface area contributed by atoms with Crippen molar-refractivity contribution in [1.29, 1.82) is 0 Å². The molecule has 63 heavy (non-hydrogen) atoms. The van der Waals surface area contributed by atoms with Crippen molar-refractivity contribution in [3.05, 3.63) is 60.8 Å². The van der Waals surface area contributed by atoms with Crippen molar-refractivity contribution >= 4 is 17.9 Å². The number of carbonyl (C=O) groups excluding carboxylic acids is 3. The van der Waals surface area contributed by atoms with E-state index in [0.29, 0.717) is 19.3 Å². The minimum atomic E-state index is -0.786. The van der Waals surface area contributed by atoms with Gasteiger partial charge in [0.2, 0.25) is 0 Å². The maximum absolute atomic E-state index is 12.8. The van der Waals surface area contributed by atoms with Crippen LogP contribution in [0.5, 0.6) is 0 Å². The lowest BCUT2D eigenvalue weighted by Gasteiger charge is -2.18. The summed E-state index contributed by atoms with van der Waals surface area (Å²) in [6, 6.07) is 0. The van der Waals surface area contributed by atoms with Crippen LogP contribution in [0.4, 0.5) is 0 Å². The summed E-state index contributed by atoms with van der Waals surface area (Å²) in [6.07, 6.45) is 63.5. The maximum Gasteiger partial charge on any atom is 0.306 e. The van der Waals surface area contributed by atoms with E-state index in [9.17, 15) is 14.4 Å². The molecule has 0 aromatic rings. The van der Waals surface area contributed by atoms with Crippen LogP contribution >= 0.6 is 0 Å². The second-order valence-corrected chi connectivity index (χ2v) is 17.7. The molecule has 0 spiro atoms. The van der Waals surface area contributed by atoms with E-state index in [-0.39, 0.29) is 31.1 Å². The number of allylic oxidation sites excluding steroid dienone is 10. The van der Waals surface area contributed by atoms with Gasteiger partial charge >= 0.3 is 17.9 Å². The van der Waals surface area contributed by atoms with Crippen LogP contribution < -0.4 is 0 Å². The van der Waals surface area contributed by atoms with Crippen molar-refractivity contribution in [3.63, 3.8) is 0 Å². The number of hydrogen-bond donors (Lipinski definition) is 0. The fourth-order valence-electron chi connectivity index (χ4n) is 7.43. The lowest BCUT2D eigenvalue weighted by Crippen LogP contribution is -2.30. The first-order valence-corrected chi connectivity index (χ1v) is 26.8. The monoisotopic (exact) mass is 881 g/mol. The van der Waals surface area contributed by atoms with Gasteiger partial charge in [-0.1, -0.05) is 210 Å². The molecule has 0 N–H and O–H groups in total. The minimum Gasteiger partial charge on any atom is -0.462 e. The first-order chi connectivity index (χ1) is 31.0. The highest BCUT2D eigenvalue weighted by molar-refractivity contribution is 5.71. The molecule has 364 valence electrons. The lowest BCUT2D eigenvalue weighted by molar-refractivity contribution is -0.167. The van der Waals surface area contributed by atoms with E-state index < -0.39 is 6.10 Å². The Kier molecular flexibility index (Phi) is 49.4. The van der Waals surface area contributed by atoms with Gasteiger partial charge in [0, 0.05) is 19.3 Å². The Labute approximate surface area is 390 Å². The highest BCUT2D eigenvalue weighted by atomic mass is 16.6. The Morgan fingerprint density at radius 1 is 0.333 bits per heavy atom. The molecule has 1 atom stereocenters. The number of esters is 3. The molecule has 0 aromatic carbocycles. The SMILES string of the molecule is CC/C=C\C/C=C\C/C=C\CCCCCCCC(=O)O[C@@H](COC(=O)CCCCCCC/C=C\CCCC)COC(=O)CCCCCCCCCCC/C=C\CCCCCCCC. The standard InChI is InChI=1S/C57H100O6/c1-4-7-10-13-16-19-22-24-26-27-28-29-31-32-35-38-41-44-47-50-56(59)62-53-54(52-61-55(58)49-46-43-40-37-34-21-18-15-12-9-6-3)63-57(60)51-48-45-42-39-36-33-30-25-23-20-17-14-11-8-5-2/h8,11,15,17-18,20,24-26,30,54H,4-7,9-10,12-14,16,19,21-23,27-29,31-53H2,1-3H3/b11-8-,18-15-,20-17-,26-24-,30-25-/t54-/m0/s1. The zero-order valence-corrected chi connectivity index (χ0v) is 41.6. The van der Waals surface area contributed by atoms with Crippen molar-refractivity contribution in [1.82, 2.24) is 0 Å². The molecule has 6 heteroatoms. The van der Waals surface area contributed by atoms with Gasteiger partial charge < -0.3 is 14.2 Å². The van der Waals surface area contributed by atoms with E-state index in [0.717, 1.165) is 103 Å². The first kappa shape index (κ1) is 60.1.